The van der Waals surface area contributed by atoms with Gasteiger partial charge in [0.25, 0.3) is 0 Å². The minimum atomic E-state index is -1.18. The standard InChI is InChI=1S/C14H17NO2S.C6H6/c1-11-5-7-14(8-6-11)18(17)15-9-3-4-13(10-15)12(2)16;1-2-4-6-5-3-1/h4-8H,3,9-10H2,1-2H3;1-6H. The number of hydrogen-bond donors (Lipinski definition) is 0. The van der Waals surface area contributed by atoms with Crippen LogP contribution >= 0.6 is 0 Å². The predicted octanol–water partition coefficient (Wildman–Crippen LogP) is 3.93. The lowest BCUT2D eigenvalue weighted by Crippen LogP contribution is -2.33. The number of carbonyl (C=O) groups excluding carboxylic acids is 1. The van der Waals surface area contributed by atoms with Gasteiger partial charge in [-0.25, -0.2) is 8.51 Å². The van der Waals surface area contributed by atoms with Crippen molar-refractivity contribution in [2.45, 2.75) is 25.2 Å². The molecule has 0 amide bonds. The Morgan fingerprint density at radius 2 is 1.54 bits per heavy atom. The second-order valence-corrected chi connectivity index (χ2v) is 7.14. The van der Waals surface area contributed by atoms with Gasteiger partial charge in [-0.15, -0.1) is 0 Å². The van der Waals surface area contributed by atoms with Crippen LogP contribution in [0.3, 0.4) is 0 Å². The highest BCUT2D eigenvalue weighted by molar-refractivity contribution is 7.82. The van der Waals surface area contributed by atoms with E-state index in [1.165, 1.54) is 0 Å². The molecule has 0 bridgehead atoms. The largest absolute Gasteiger partial charge is 0.295 e. The molecule has 3 rings (SSSR count). The molecule has 0 N–H and O–H groups in total. The summed E-state index contributed by atoms with van der Waals surface area (Å²) >= 11 is 0. The first-order valence-corrected chi connectivity index (χ1v) is 9.12. The predicted molar refractivity (Wildman–Crippen MR) is 99.0 cm³/mol. The molecule has 0 saturated heterocycles. The number of carbonyl (C=O) groups is 1. The van der Waals surface area contributed by atoms with Gasteiger partial charge in [0.2, 0.25) is 0 Å². The van der Waals surface area contributed by atoms with Gasteiger partial charge in [-0.2, -0.15) is 0 Å². The van der Waals surface area contributed by atoms with Crippen molar-refractivity contribution < 1.29 is 9.00 Å². The van der Waals surface area contributed by atoms with E-state index in [0.29, 0.717) is 6.54 Å². The van der Waals surface area contributed by atoms with Crippen LogP contribution in [0.25, 0.3) is 0 Å². The summed E-state index contributed by atoms with van der Waals surface area (Å²) in [6, 6.07) is 19.7. The summed E-state index contributed by atoms with van der Waals surface area (Å²) in [6.07, 6.45) is 2.73. The maximum atomic E-state index is 12.4. The Labute approximate surface area is 146 Å². The zero-order chi connectivity index (χ0) is 17.4. The summed E-state index contributed by atoms with van der Waals surface area (Å²) in [6.45, 7) is 4.78. The van der Waals surface area contributed by atoms with Crippen LogP contribution in [0.2, 0.25) is 0 Å². The molecular weight excluding hydrogens is 318 g/mol. The number of nitrogens with zero attached hydrogens (tertiary/aromatic N) is 1. The van der Waals surface area contributed by atoms with Crippen LogP contribution in [-0.4, -0.2) is 27.4 Å². The van der Waals surface area contributed by atoms with Crippen molar-refractivity contribution >= 4 is 16.8 Å². The fourth-order valence-electron chi connectivity index (χ4n) is 2.30. The molecule has 2 aromatic rings. The maximum Gasteiger partial charge on any atom is 0.156 e. The summed E-state index contributed by atoms with van der Waals surface area (Å²) in [4.78, 5) is 12.2. The van der Waals surface area contributed by atoms with Crippen molar-refractivity contribution in [1.29, 1.82) is 0 Å². The normalized spacial score (nSPS) is 15.7. The Bertz CT molecular complexity index is 681. The molecule has 1 aliphatic heterocycles. The van der Waals surface area contributed by atoms with E-state index >= 15 is 0 Å². The third kappa shape index (κ3) is 5.55. The molecule has 0 radical (unpaired) electrons. The lowest BCUT2D eigenvalue weighted by Gasteiger charge is -2.25. The molecule has 1 heterocycles. The monoisotopic (exact) mass is 341 g/mol. The first-order valence-electron chi connectivity index (χ1n) is 8.01. The van der Waals surface area contributed by atoms with Gasteiger partial charge in [0.15, 0.2) is 5.78 Å². The number of aryl methyl sites for hydroxylation is 1. The number of benzene rings is 2. The topological polar surface area (TPSA) is 37.4 Å². The first-order chi connectivity index (χ1) is 11.6. The van der Waals surface area contributed by atoms with Crippen LogP contribution in [0.1, 0.15) is 18.9 Å². The summed E-state index contributed by atoms with van der Waals surface area (Å²) in [5.74, 6) is 0.0700. The van der Waals surface area contributed by atoms with Gasteiger partial charge < -0.3 is 0 Å². The van der Waals surface area contributed by atoms with Crippen LogP contribution in [-0.2, 0) is 15.8 Å². The number of Topliss-reactive ketones (excluding diaryl/α,β-unsaturated/α-hetero) is 1. The van der Waals surface area contributed by atoms with Crippen LogP contribution in [0.4, 0.5) is 0 Å². The van der Waals surface area contributed by atoms with E-state index in [9.17, 15) is 9.00 Å². The van der Waals surface area contributed by atoms with Crippen molar-refractivity contribution in [3.63, 3.8) is 0 Å². The molecule has 0 aliphatic carbocycles. The molecule has 1 aliphatic rings. The molecule has 126 valence electrons. The molecule has 0 aromatic heterocycles. The van der Waals surface area contributed by atoms with Crippen molar-refractivity contribution in [2.75, 3.05) is 13.1 Å². The van der Waals surface area contributed by atoms with Crippen molar-refractivity contribution in [3.8, 4) is 0 Å². The molecule has 3 nitrogen and oxygen atoms in total. The average Bonchev–Trinajstić information content (AvgIpc) is 2.64. The van der Waals surface area contributed by atoms with E-state index in [2.05, 4.69) is 0 Å². The van der Waals surface area contributed by atoms with E-state index in [1.807, 2.05) is 78.0 Å². The van der Waals surface area contributed by atoms with E-state index < -0.39 is 11.0 Å². The van der Waals surface area contributed by atoms with E-state index in [1.54, 1.807) is 6.92 Å². The van der Waals surface area contributed by atoms with E-state index in [-0.39, 0.29) is 5.78 Å². The second kappa shape index (κ2) is 9.30. The average molecular weight is 341 g/mol. The fourth-order valence-corrected chi connectivity index (χ4v) is 3.50. The molecule has 0 spiro atoms. The minimum Gasteiger partial charge on any atom is -0.295 e. The Morgan fingerprint density at radius 3 is 2.04 bits per heavy atom. The Kier molecular flexibility index (Phi) is 7.09. The Hall–Kier alpha value is -2.04. The lowest BCUT2D eigenvalue weighted by molar-refractivity contribution is -0.113. The van der Waals surface area contributed by atoms with Crippen molar-refractivity contribution in [1.82, 2.24) is 4.31 Å². The van der Waals surface area contributed by atoms with Gasteiger partial charge in [-0.1, -0.05) is 60.2 Å². The van der Waals surface area contributed by atoms with E-state index in [4.69, 9.17) is 0 Å². The molecule has 2 aromatic carbocycles. The summed E-state index contributed by atoms with van der Waals surface area (Å²) in [5.41, 5.74) is 1.92. The zero-order valence-corrected chi connectivity index (χ0v) is 15.0. The molecule has 24 heavy (non-hydrogen) atoms. The highest BCUT2D eigenvalue weighted by Gasteiger charge is 2.21. The van der Waals surface area contributed by atoms with Crippen LogP contribution in [0, 0.1) is 6.92 Å². The third-order valence-electron chi connectivity index (χ3n) is 3.69. The van der Waals surface area contributed by atoms with Crippen LogP contribution in [0.5, 0.6) is 0 Å². The smallest absolute Gasteiger partial charge is 0.156 e. The number of rotatable bonds is 3. The van der Waals surface area contributed by atoms with Crippen LogP contribution < -0.4 is 0 Å². The highest BCUT2D eigenvalue weighted by Crippen LogP contribution is 2.18. The summed E-state index contributed by atoms with van der Waals surface area (Å²) < 4.78 is 14.2. The van der Waals surface area contributed by atoms with Crippen LogP contribution in [0.15, 0.2) is 77.2 Å². The molecule has 0 saturated carbocycles. The fraction of sp³-hybridized carbons (Fsp3) is 0.250. The number of hydrogen-bond acceptors (Lipinski definition) is 2. The first kappa shape index (κ1) is 18.3. The summed E-state index contributed by atoms with van der Waals surface area (Å²) in [5, 5.41) is 0. The van der Waals surface area contributed by atoms with Gasteiger partial charge in [-0.3, -0.25) is 4.79 Å². The Balaban J connectivity index is 0.000000292. The highest BCUT2D eigenvalue weighted by atomic mass is 32.2. The van der Waals surface area contributed by atoms with Crippen molar-refractivity contribution in [2.24, 2.45) is 0 Å². The van der Waals surface area contributed by atoms with E-state index in [0.717, 1.165) is 29.0 Å². The lowest BCUT2D eigenvalue weighted by atomic mass is 10.1. The third-order valence-corrected chi connectivity index (χ3v) is 5.15. The molecule has 1 unspecified atom stereocenters. The zero-order valence-electron chi connectivity index (χ0n) is 14.1. The molecule has 0 fully saturated rings. The van der Waals surface area contributed by atoms with Gasteiger partial charge in [0, 0.05) is 18.7 Å². The van der Waals surface area contributed by atoms with Gasteiger partial charge >= 0.3 is 0 Å². The van der Waals surface area contributed by atoms with Crippen molar-refractivity contribution in [3.05, 3.63) is 77.9 Å². The quantitative estimate of drug-likeness (QED) is 0.848. The van der Waals surface area contributed by atoms with Gasteiger partial charge in [0.05, 0.1) is 4.90 Å². The van der Waals surface area contributed by atoms with Gasteiger partial charge in [0.1, 0.15) is 11.0 Å². The minimum absolute atomic E-state index is 0.0700. The van der Waals surface area contributed by atoms with Gasteiger partial charge in [-0.05, 0) is 32.4 Å². The number of ketones is 1. The summed E-state index contributed by atoms with van der Waals surface area (Å²) in [7, 11) is -1.18. The second-order valence-electron chi connectivity index (χ2n) is 5.65. The molecule has 1 atom stereocenters. The molecular formula is C20H23NO2S. The maximum absolute atomic E-state index is 12.4. The molecule has 4 heteroatoms. The Morgan fingerprint density at radius 1 is 1.00 bits per heavy atom. The SMILES string of the molecule is CC(=O)C1=CCCN(S(=O)c2ccc(C)cc2)C1.c1ccccc1.